The zero-order valence-corrected chi connectivity index (χ0v) is 23.9. The van der Waals surface area contributed by atoms with Gasteiger partial charge in [0.2, 0.25) is 16.9 Å². The fourth-order valence-corrected chi connectivity index (χ4v) is 6.58. The molecule has 2 aliphatic rings. The largest absolute Gasteiger partial charge is 0.435 e. The van der Waals surface area contributed by atoms with Crippen molar-refractivity contribution < 1.29 is 27.5 Å². The Morgan fingerprint density at radius 2 is 1.95 bits per heavy atom. The number of anilines is 2. The summed E-state index contributed by atoms with van der Waals surface area (Å²) in [5, 5.41) is -0.453. The Morgan fingerprint density at radius 1 is 1.17 bits per heavy atom. The highest BCUT2D eigenvalue weighted by molar-refractivity contribution is 7.14. The fraction of sp³-hybridized carbons (Fsp3) is 0.467. The van der Waals surface area contributed by atoms with Gasteiger partial charge in [0, 0.05) is 43.3 Å². The van der Waals surface area contributed by atoms with Crippen LogP contribution in [0.3, 0.4) is 0 Å². The molecule has 0 bridgehead atoms. The van der Waals surface area contributed by atoms with E-state index in [1.54, 1.807) is 36.3 Å². The first kappa shape index (κ1) is 29.0. The highest BCUT2D eigenvalue weighted by atomic mass is 32.1. The molecule has 1 aromatic carbocycles. The number of aromatic nitrogens is 2. The fourth-order valence-electron chi connectivity index (χ4n) is 5.80. The molecule has 2 fully saturated rings. The van der Waals surface area contributed by atoms with Crippen molar-refractivity contribution in [2.45, 2.75) is 64.9 Å². The maximum atomic E-state index is 15.5. The van der Waals surface area contributed by atoms with Crippen LogP contribution in [-0.4, -0.2) is 42.0 Å². The molecular formula is C30H33F3N4O3S. The average Bonchev–Trinajstić information content (AvgIpc) is 3.72. The first-order valence-corrected chi connectivity index (χ1v) is 14.9. The summed E-state index contributed by atoms with van der Waals surface area (Å²) in [6.07, 6.45) is 8.94. The summed E-state index contributed by atoms with van der Waals surface area (Å²) in [6.45, 7) is -0.480. The number of nitrogens with zero attached hydrogens (tertiary/aromatic N) is 4. The Labute approximate surface area is 241 Å². The topological polar surface area (TPSA) is 75.6 Å². The third kappa shape index (κ3) is 6.39. The molecule has 1 aliphatic heterocycles. The number of pyridine rings is 1. The number of alkyl halides is 2. The lowest BCUT2D eigenvalue weighted by molar-refractivity contribution is -0.122. The molecule has 2 amide bonds. The van der Waals surface area contributed by atoms with E-state index in [1.165, 1.54) is 29.9 Å². The van der Waals surface area contributed by atoms with Gasteiger partial charge in [0.15, 0.2) is 5.13 Å². The smallest absolute Gasteiger partial charge is 0.387 e. The Morgan fingerprint density at radius 3 is 2.59 bits per heavy atom. The summed E-state index contributed by atoms with van der Waals surface area (Å²) >= 11 is 0.738. The van der Waals surface area contributed by atoms with Crippen LogP contribution >= 0.6 is 11.3 Å². The zero-order chi connectivity index (χ0) is 29.1. The first-order chi connectivity index (χ1) is 19.7. The van der Waals surface area contributed by atoms with Crippen LogP contribution < -0.4 is 14.5 Å². The number of amides is 2. The van der Waals surface area contributed by atoms with Gasteiger partial charge >= 0.3 is 6.61 Å². The lowest BCUT2D eigenvalue weighted by Crippen LogP contribution is -2.33. The maximum absolute atomic E-state index is 15.5. The molecule has 5 rings (SSSR count). The van der Waals surface area contributed by atoms with Crippen LogP contribution in [0, 0.1) is 17.0 Å². The minimum atomic E-state index is -3.06. The minimum Gasteiger partial charge on any atom is -0.435 e. The first-order valence-electron chi connectivity index (χ1n) is 14.0. The molecule has 2 aromatic heterocycles. The molecule has 11 heteroatoms. The molecule has 0 radical (unpaired) electrons. The van der Waals surface area contributed by atoms with Crippen molar-refractivity contribution in [1.82, 2.24) is 9.97 Å². The second-order valence-electron chi connectivity index (χ2n) is 10.6. The van der Waals surface area contributed by atoms with Gasteiger partial charge < -0.3 is 4.74 Å². The van der Waals surface area contributed by atoms with Crippen LogP contribution in [0.4, 0.5) is 24.1 Å². The maximum Gasteiger partial charge on any atom is 0.387 e. The van der Waals surface area contributed by atoms with Gasteiger partial charge in [-0.1, -0.05) is 43.9 Å². The molecule has 218 valence electrons. The predicted octanol–water partition coefficient (Wildman–Crippen LogP) is 7.31. The van der Waals surface area contributed by atoms with E-state index >= 15 is 4.39 Å². The number of carbonyl (C=O) groups is 2. The highest BCUT2D eigenvalue weighted by Crippen LogP contribution is 2.40. The lowest BCUT2D eigenvalue weighted by Gasteiger charge is -2.23. The van der Waals surface area contributed by atoms with E-state index < -0.39 is 11.7 Å². The SMILES string of the molecule is CC[C@H](CC1CCCC1)C(=O)N(C)c1nc(-c2cc(OC(F)F)ccc2-c2ccc(N3CCCC3=O)nc2)c(F)s1. The Hall–Kier alpha value is -3.47. The van der Waals surface area contributed by atoms with E-state index in [0.717, 1.165) is 37.0 Å². The molecule has 0 unspecified atom stereocenters. The number of thiazole rings is 1. The lowest BCUT2D eigenvalue weighted by atomic mass is 9.90. The third-order valence-electron chi connectivity index (χ3n) is 8.01. The van der Waals surface area contributed by atoms with Gasteiger partial charge in [0.1, 0.15) is 17.3 Å². The zero-order valence-electron chi connectivity index (χ0n) is 23.1. The Balaban J connectivity index is 1.46. The van der Waals surface area contributed by atoms with Gasteiger partial charge in [0.25, 0.3) is 0 Å². The number of benzene rings is 1. The number of hydrogen-bond acceptors (Lipinski definition) is 6. The van der Waals surface area contributed by atoms with Gasteiger partial charge in [-0.2, -0.15) is 13.2 Å². The quantitative estimate of drug-likeness (QED) is 0.249. The second kappa shape index (κ2) is 12.6. The standard InChI is InChI=1S/C30H33F3N4O3S/c1-3-19(15-18-7-4-5-8-18)28(39)36(2)30-35-26(27(31)41-30)23-16-21(40-29(32)33)11-12-22(23)20-10-13-24(34-17-20)37-14-6-9-25(37)38/h10-13,16-19,29H,3-9,14-15H2,1-2H3/t19-/m1/s1. The summed E-state index contributed by atoms with van der Waals surface area (Å²) in [7, 11) is 1.60. The summed E-state index contributed by atoms with van der Waals surface area (Å²) in [6, 6.07) is 7.69. The van der Waals surface area contributed by atoms with Crippen LogP contribution in [0.2, 0.25) is 0 Å². The molecule has 3 heterocycles. The average molecular weight is 587 g/mol. The van der Waals surface area contributed by atoms with E-state index in [2.05, 4.69) is 14.7 Å². The van der Waals surface area contributed by atoms with Crippen LogP contribution in [0.1, 0.15) is 58.3 Å². The number of carbonyl (C=O) groups excluding carboxylic acids is 2. The van der Waals surface area contributed by atoms with E-state index in [-0.39, 0.29) is 39.9 Å². The van der Waals surface area contributed by atoms with Crippen LogP contribution in [0.25, 0.3) is 22.4 Å². The minimum absolute atomic E-state index is 0.00346. The Bertz CT molecular complexity index is 1390. The van der Waals surface area contributed by atoms with Crippen molar-refractivity contribution in [3.8, 4) is 28.1 Å². The molecule has 1 saturated heterocycles. The van der Waals surface area contributed by atoms with E-state index in [0.29, 0.717) is 42.2 Å². The normalized spacial score (nSPS) is 16.5. The molecular weight excluding hydrogens is 553 g/mol. The van der Waals surface area contributed by atoms with Gasteiger partial charge in [-0.25, -0.2) is 9.97 Å². The summed E-state index contributed by atoms with van der Waals surface area (Å²) in [5.41, 5.74) is 1.24. The summed E-state index contributed by atoms with van der Waals surface area (Å²) < 4.78 is 46.2. The number of ether oxygens (including phenoxy) is 1. The summed E-state index contributed by atoms with van der Waals surface area (Å²) in [4.78, 5) is 37.4. The van der Waals surface area contributed by atoms with E-state index in [4.69, 9.17) is 0 Å². The van der Waals surface area contributed by atoms with Crippen molar-refractivity contribution in [3.05, 3.63) is 41.7 Å². The van der Waals surface area contributed by atoms with Crippen molar-refractivity contribution >= 4 is 34.1 Å². The molecule has 3 aromatic rings. The van der Waals surface area contributed by atoms with Crippen molar-refractivity contribution in [2.24, 2.45) is 11.8 Å². The van der Waals surface area contributed by atoms with Crippen molar-refractivity contribution in [1.29, 1.82) is 0 Å². The van der Waals surface area contributed by atoms with Crippen LogP contribution in [-0.2, 0) is 9.59 Å². The van der Waals surface area contributed by atoms with Crippen LogP contribution in [0.15, 0.2) is 36.5 Å². The molecule has 0 spiro atoms. The van der Waals surface area contributed by atoms with Crippen molar-refractivity contribution in [3.63, 3.8) is 0 Å². The van der Waals surface area contributed by atoms with Gasteiger partial charge in [-0.15, -0.1) is 0 Å². The van der Waals surface area contributed by atoms with Crippen LogP contribution in [0.5, 0.6) is 5.75 Å². The molecule has 0 N–H and O–H groups in total. The molecule has 41 heavy (non-hydrogen) atoms. The monoisotopic (exact) mass is 586 g/mol. The highest BCUT2D eigenvalue weighted by Gasteiger charge is 2.29. The number of hydrogen-bond donors (Lipinski definition) is 0. The third-order valence-corrected chi connectivity index (χ3v) is 8.93. The molecule has 7 nitrogen and oxygen atoms in total. The van der Waals surface area contributed by atoms with Crippen molar-refractivity contribution in [2.75, 3.05) is 23.4 Å². The molecule has 1 aliphatic carbocycles. The molecule has 1 saturated carbocycles. The van der Waals surface area contributed by atoms with E-state index in [1.807, 2.05) is 6.92 Å². The molecule has 1 atom stereocenters. The predicted molar refractivity (Wildman–Crippen MR) is 153 cm³/mol. The number of rotatable bonds is 10. The van der Waals surface area contributed by atoms with Gasteiger partial charge in [0.05, 0.1) is 0 Å². The number of halogens is 3. The summed E-state index contributed by atoms with van der Waals surface area (Å²) in [5.74, 6) is 0.621. The van der Waals surface area contributed by atoms with Gasteiger partial charge in [-0.05, 0) is 61.1 Å². The Kier molecular flexibility index (Phi) is 8.91. The second-order valence-corrected chi connectivity index (χ2v) is 11.6. The van der Waals surface area contributed by atoms with E-state index in [9.17, 15) is 18.4 Å². The van der Waals surface area contributed by atoms with Gasteiger partial charge in [-0.3, -0.25) is 19.4 Å².